The van der Waals surface area contributed by atoms with Crippen molar-refractivity contribution in [3.63, 3.8) is 0 Å². The molecule has 0 aromatic carbocycles. The van der Waals surface area contributed by atoms with Gasteiger partial charge >= 0.3 is 0 Å². The highest BCUT2D eigenvalue weighted by molar-refractivity contribution is 5.72. The van der Waals surface area contributed by atoms with Gasteiger partial charge in [0.2, 0.25) is 0 Å². The van der Waals surface area contributed by atoms with Crippen LogP contribution in [0.4, 0.5) is 0 Å². The van der Waals surface area contributed by atoms with Gasteiger partial charge in [-0.1, -0.05) is 0 Å². The zero-order valence-corrected chi connectivity index (χ0v) is 8.29. The fourth-order valence-electron chi connectivity index (χ4n) is 0.558. The molecule has 0 heterocycles. The summed E-state index contributed by atoms with van der Waals surface area (Å²) in [5.74, 6) is -2.73. The van der Waals surface area contributed by atoms with E-state index in [0.29, 0.717) is 0 Å². The minimum absolute atomic E-state index is 0.470. The molecule has 0 atom stereocenters. The number of aliphatic carboxylic acids is 2. The van der Waals surface area contributed by atoms with Crippen LogP contribution >= 0.6 is 0 Å². The number of rotatable bonds is 6. The first-order valence-corrected chi connectivity index (χ1v) is 4.52. The maximum absolute atomic E-state index is 9.50. The summed E-state index contributed by atoms with van der Waals surface area (Å²) >= 11 is 0. The molecular formula is C8H18N2O4. The van der Waals surface area contributed by atoms with Crippen LogP contribution in [-0.2, 0) is 9.59 Å². The van der Waals surface area contributed by atoms with E-state index in [1.54, 1.807) is 0 Å². The Labute approximate surface area is 82.9 Å². The normalized spacial score (nSPS) is 8.71. The smallest absolute Gasteiger partial charge is 0.0742 e. The number of carboxylic acids is 2. The molecule has 6 heteroatoms. The molecular weight excluding hydrogens is 188 g/mol. The van der Waals surface area contributed by atoms with Gasteiger partial charge in [0.05, 0.1) is 13.1 Å². The maximum atomic E-state index is 9.50. The van der Waals surface area contributed by atoms with Crippen LogP contribution in [-0.4, -0.2) is 25.0 Å². The van der Waals surface area contributed by atoms with Gasteiger partial charge in [0.1, 0.15) is 0 Å². The van der Waals surface area contributed by atoms with Crippen molar-refractivity contribution in [2.24, 2.45) is 0 Å². The number of quaternary nitrogens is 2. The van der Waals surface area contributed by atoms with E-state index in [0.717, 1.165) is 13.1 Å². The predicted molar refractivity (Wildman–Crippen MR) is 44.0 cm³/mol. The Morgan fingerprint density at radius 2 is 1.14 bits per heavy atom. The van der Waals surface area contributed by atoms with Crippen LogP contribution in [0, 0.1) is 0 Å². The number of carbonyl (C=O) groups is 2. The molecule has 0 rings (SSSR count). The minimum atomic E-state index is -1.37. The van der Waals surface area contributed by atoms with Gasteiger partial charge in [-0.25, -0.2) is 0 Å². The number of carboxylic acid groups (broad SMARTS) is 2. The number of unbranched alkanes of at least 4 members (excludes halogenated alkanes) is 1. The van der Waals surface area contributed by atoms with Crippen molar-refractivity contribution < 1.29 is 31.3 Å². The lowest BCUT2D eigenvalue weighted by atomic mass is 10.3. The summed E-state index contributed by atoms with van der Waals surface area (Å²) in [4.78, 5) is 19.0. The molecule has 0 saturated heterocycles. The summed E-state index contributed by atoms with van der Waals surface area (Å²) in [5, 5.41) is 19.0. The van der Waals surface area contributed by atoms with Gasteiger partial charge in [-0.2, -0.15) is 0 Å². The SMILES string of the molecule is O=C([O-])CCC(=O)[O-].[NH3+]CCCC[NH3+]. The first-order chi connectivity index (χ1) is 6.54. The quantitative estimate of drug-likeness (QED) is 0.423. The molecule has 0 bridgehead atoms. The van der Waals surface area contributed by atoms with E-state index < -0.39 is 24.8 Å². The number of hydrogen-bond acceptors (Lipinski definition) is 4. The van der Waals surface area contributed by atoms with Crippen molar-refractivity contribution in [1.29, 1.82) is 0 Å². The molecule has 6 nitrogen and oxygen atoms in total. The molecule has 0 aromatic rings. The van der Waals surface area contributed by atoms with Crippen LogP contribution in [0.1, 0.15) is 25.7 Å². The highest BCUT2D eigenvalue weighted by Gasteiger charge is 1.85. The van der Waals surface area contributed by atoms with Gasteiger partial charge in [-0.05, 0) is 12.8 Å². The molecule has 0 aromatic heterocycles. The summed E-state index contributed by atoms with van der Waals surface area (Å²) in [5.41, 5.74) is 7.39. The van der Waals surface area contributed by atoms with Crippen LogP contribution < -0.4 is 21.7 Å². The first-order valence-electron chi connectivity index (χ1n) is 4.52. The van der Waals surface area contributed by atoms with Crippen molar-refractivity contribution in [3.05, 3.63) is 0 Å². The van der Waals surface area contributed by atoms with Crippen LogP contribution in [0.25, 0.3) is 0 Å². The molecule has 0 unspecified atom stereocenters. The average molecular weight is 206 g/mol. The monoisotopic (exact) mass is 206 g/mol. The fraction of sp³-hybridized carbons (Fsp3) is 0.750. The zero-order valence-electron chi connectivity index (χ0n) is 8.29. The number of hydrogen-bond donors (Lipinski definition) is 2. The van der Waals surface area contributed by atoms with Crippen molar-refractivity contribution >= 4 is 11.9 Å². The highest BCUT2D eigenvalue weighted by Crippen LogP contribution is 1.81. The number of carbonyl (C=O) groups excluding carboxylic acids is 2. The third-order valence-corrected chi connectivity index (χ3v) is 1.28. The second kappa shape index (κ2) is 11.9. The Morgan fingerprint density at radius 3 is 1.29 bits per heavy atom. The Morgan fingerprint density at radius 1 is 0.857 bits per heavy atom. The summed E-state index contributed by atoms with van der Waals surface area (Å²) in [6.45, 7) is 2.13. The Bertz CT molecular complexity index is 143. The average Bonchev–Trinajstić information content (AvgIpc) is 2.12. The largest absolute Gasteiger partial charge is 0.550 e. The van der Waals surface area contributed by atoms with E-state index >= 15 is 0 Å². The molecule has 6 N–H and O–H groups in total. The van der Waals surface area contributed by atoms with Crippen LogP contribution in [0.2, 0.25) is 0 Å². The Kier molecular flexibility index (Phi) is 13.0. The van der Waals surface area contributed by atoms with E-state index in [9.17, 15) is 19.8 Å². The molecule has 0 aliphatic heterocycles. The third-order valence-electron chi connectivity index (χ3n) is 1.28. The minimum Gasteiger partial charge on any atom is -0.550 e. The molecule has 0 spiro atoms. The van der Waals surface area contributed by atoms with Crippen molar-refractivity contribution in [3.8, 4) is 0 Å². The predicted octanol–water partition coefficient (Wildman–Crippen LogP) is -4.48. The second-order valence-corrected chi connectivity index (χ2v) is 2.66. The van der Waals surface area contributed by atoms with E-state index in [1.807, 2.05) is 0 Å². The van der Waals surface area contributed by atoms with Crippen molar-refractivity contribution in [2.75, 3.05) is 13.1 Å². The lowest BCUT2D eigenvalue weighted by molar-refractivity contribution is -0.384. The molecule has 0 fully saturated rings. The summed E-state index contributed by atoms with van der Waals surface area (Å²) < 4.78 is 0. The molecule has 0 amide bonds. The van der Waals surface area contributed by atoms with Gasteiger partial charge < -0.3 is 31.3 Å². The first kappa shape index (κ1) is 15.3. The van der Waals surface area contributed by atoms with Gasteiger partial charge in [0, 0.05) is 24.8 Å². The van der Waals surface area contributed by atoms with Gasteiger partial charge in [-0.3, -0.25) is 0 Å². The molecule has 0 aliphatic rings. The summed E-state index contributed by atoms with van der Waals surface area (Å²) in [6, 6.07) is 0. The maximum Gasteiger partial charge on any atom is 0.0742 e. The topological polar surface area (TPSA) is 136 Å². The van der Waals surface area contributed by atoms with Crippen molar-refractivity contribution in [1.82, 2.24) is 0 Å². The van der Waals surface area contributed by atoms with E-state index in [4.69, 9.17) is 0 Å². The van der Waals surface area contributed by atoms with Crippen LogP contribution in [0.3, 0.4) is 0 Å². The Hall–Kier alpha value is -1.14. The summed E-state index contributed by atoms with van der Waals surface area (Å²) in [7, 11) is 0. The second-order valence-electron chi connectivity index (χ2n) is 2.66. The highest BCUT2D eigenvalue weighted by atomic mass is 16.4. The van der Waals surface area contributed by atoms with Crippen LogP contribution in [0.15, 0.2) is 0 Å². The lowest BCUT2D eigenvalue weighted by Crippen LogP contribution is -2.53. The molecule has 14 heavy (non-hydrogen) atoms. The zero-order chi connectivity index (χ0) is 11.4. The summed E-state index contributed by atoms with van der Waals surface area (Å²) in [6.07, 6.45) is 1.54. The molecule has 84 valence electrons. The van der Waals surface area contributed by atoms with E-state index in [1.165, 1.54) is 12.8 Å². The standard InChI is InChI=1S/C4H12N2.C4H6O4/c5-3-1-2-4-6;5-3(6)1-2-4(7)8/h1-6H2;1-2H2,(H,5,6)(H,7,8). The van der Waals surface area contributed by atoms with Gasteiger partial charge in [-0.15, -0.1) is 0 Å². The van der Waals surface area contributed by atoms with E-state index in [2.05, 4.69) is 11.5 Å². The van der Waals surface area contributed by atoms with Crippen molar-refractivity contribution in [2.45, 2.75) is 25.7 Å². The van der Waals surface area contributed by atoms with Gasteiger partial charge in [0.15, 0.2) is 0 Å². The fourth-order valence-corrected chi connectivity index (χ4v) is 0.558. The van der Waals surface area contributed by atoms with Crippen LogP contribution in [0.5, 0.6) is 0 Å². The molecule has 0 aliphatic carbocycles. The third kappa shape index (κ3) is 22.4. The molecule has 0 radical (unpaired) electrons. The molecule has 0 saturated carbocycles. The lowest BCUT2D eigenvalue weighted by Gasteiger charge is -2.00. The van der Waals surface area contributed by atoms with Gasteiger partial charge in [0.25, 0.3) is 0 Å². The Balaban J connectivity index is 0. The van der Waals surface area contributed by atoms with E-state index in [-0.39, 0.29) is 0 Å².